The Balaban J connectivity index is 1.34. The van der Waals surface area contributed by atoms with Crippen LogP contribution in [0.5, 0.6) is 0 Å². The number of hydrogen-bond donors (Lipinski definition) is 2. The first-order valence-electron chi connectivity index (χ1n) is 14.4. The van der Waals surface area contributed by atoms with Crippen LogP contribution in [-0.2, 0) is 16.4 Å². The maximum Gasteiger partial charge on any atom is 0.280 e. The van der Waals surface area contributed by atoms with Gasteiger partial charge in [0.15, 0.2) is 0 Å². The summed E-state index contributed by atoms with van der Waals surface area (Å²) in [5.74, 6) is 0.0843. The molecule has 5 aromatic carbocycles. The number of nitrogens with one attached hydrogen (secondary N) is 2. The zero-order chi connectivity index (χ0) is 34.7. The van der Waals surface area contributed by atoms with Gasteiger partial charge in [-0.2, -0.15) is 13.1 Å². The number of anilines is 2. The van der Waals surface area contributed by atoms with Crippen molar-refractivity contribution in [2.75, 3.05) is 10.1 Å². The van der Waals surface area contributed by atoms with Crippen LogP contribution in [0.4, 0.5) is 22.7 Å². The number of aliphatic imine (C=N–C) groups is 1. The Hall–Kier alpha value is -5.27. The van der Waals surface area contributed by atoms with E-state index in [0.29, 0.717) is 43.3 Å². The number of rotatable bonds is 10. The van der Waals surface area contributed by atoms with E-state index in [0.717, 1.165) is 4.68 Å². The standard InChI is InChI=1S/C34H23Cl3N6O5S/c35-23-11-16-27-31(19-23)39-32(18-22-6-1-2-10-30(22)40-33-28(36)8-4-9-29(33)37)42(34(27)44)41-49(47,48)26-14-12-24(13-15-26)38-20-21-5-3-7-25(17-21)43(45)46/h1-17,19-20,40-41H,18H2. The number of nitro benzene ring substituents is 1. The van der Waals surface area contributed by atoms with Crippen LogP contribution < -0.4 is 15.7 Å². The third kappa shape index (κ3) is 7.58. The minimum Gasteiger partial charge on any atom is -0.353 e. The number of para-hydroxylation sites is 2. The normalized spacial score (nSPS) is 11.6. The van der Waals surface area contributed by atoms with Crippen LogP contribution in [0, 0.1) is 10.1 Å². The predicted molar refractivity (Wildman–Crippen MR) is 193 cm³/mol. The smallest absolute Gasteiger partial charge is 0.280 e. The Labute approximate surface area is 294 Å². The van der Waals surface area contributed by atoms with E-state index in [1.165, 1.54) is 66.9 Å². The van der Waals surface area contributed by atoms with Gasteiger partial charge in [-0.1, -0.05) is 71.2 Å². The molecular weight excluding hydrogens is 711 g/mol. The summed E-state index contributed by atoms with van der Waals surface area (Å²) in [6.45, 7) is 0. The number of hydrogen-bond acceptors (Lipinski definition) is 8. The Kier molecular flexibility index (Phi) is 9.65. The molecule has 0 aliphatic carbocycles. The van der Waals surface area contributed by atoms with Crippen molar-refractivity contribution in [1.82, 2.24) is 9.66 Å². The van der Waals surface area contributed by atoms with E-state index in [2.05, 4.69) is 20.1 Å². The fourth-order valence-corrected chi connectivity index (χ4v) is 6.57. The molecule has 246 valence electrons. The lowest BCUT2D eigenvalue weighted by Crippen LogP contribution is -2.36. The maximum atomic E-state index is 13.8. The molecule has 0 aliphatic heterocycles. The van der Waals surface area contributed by atoms with E-state index in [1.54, 1.807) is 48.5 Å². The van der Waals surface area contributed by atoms with Gasteiger partial charge in [0.25, 0.3) is 21.3 Å². The highest BCUT2D eigenvalue weighted by atomic mass is 35.5. The van der Waals surface area contributed by atoms with Crippen molar-refractivity contribution in [1.29, 1.82) is 0 Å². The van der Waals surface area contributed by atoms with Crippen molar-refractivity contribution in [2.45, 2.75) is 11.3 Å². The molecule has 2 N–H and O–H groups in total. The number of fused-ring (bicyclic) bond motifs is 1. The SMILES string of the molecule is O=c1c2ccc(Cl)cc2nc(Cc2ccccc2Nc2c(Cl)cccc2Cl)n1NS(=O)(=O)c1ccc(N=Cc2cccc([N+](=O)[O-])c2)cc1. The molecule has 15 heteroatoms. The molecule has 11 nitrogen and oxygen atoms in total. The summed E-state index contributed by atoms with van der Waals surface area (Å²) in [4.78, 5) is 35.5. The molecule has 0 unspecified atom stereocenters. The van der Waals surface area contributed by atoms with Gasteiger partial charge >= 0.3 is 0 Å². The lowest BCUT2D eigenvalue weighted by Gasteiger charge is -2.18. The average molecular weight is 734 g/mol. The molecule has 0 atom stereocenters. The molecule has 0 saturated carbocycles. The van der Waals surface area contributed by atoms with Crippen LogP contribution in [0.1, 0.15) is 17.0 Å². The van der Waals surface area contributed by atoms with Crippen molar-refractivity contribution in [3.63, 3.8) is 0 Å². The number of non-ortho nitro benzene ring substituents is 1. The molecule has 0 aliphatic rings. The molecule has 0 fully saturated rings. The first kappa shape index (κ1) is 33.6. The van der Waals surface area contributed by atoms with Gasteiger partial charge in [0.05, 0.1) is 42.1 Å². The van der Waals surface area contributed by atoms with E-state index in [-0.39, 0.29) is 33.7 Å². The highest BCUT2D eigenvalue weighted by Crippen LogP contribution is 2.34. The maximum absolute atomic E-state index is 13.8. The third-order valence-electron chi connectivity index (χ3n) is 7.29. The second kappa shape index (κ2) is 14.1. The number of halogens is 3. The van der Waals surface area contributed by atoms with Gasteiger partial charge < -0.3 is 5.32 Å². The van der Waals surface area contributed by atoms with Crippen molar-refractivity contribution in [3.05, 3.63) is 162 Å². The second-order valence-corrected chi connectivity index (χ2v) is 13.5. The fraction of sp³-hybridized carbons (Fsp3) is 0.0294. The summed E-state index contributed by atoms with van der Waals surface area (Å²) in [7, 11) is -4.33. The topological polar surface area (TPSA) is 149 Å². The summed E-state index contributed by atoms with van der Waals surface area (Å²) in [5.41, 5.74) is 2.19. The average Bonchev–Trinajstić information content (AvgIpc) is 3.08. The molecule has 0 saturated heterocycles. The summed E-state index contributed by atoms with van der Waals surface area (Å²) in [6.07, 6.45) is 1.44. The molecule has 0 spiro atoms. The summed E-state index contributed by atoms with van der Waals surface area (Å²) >= 11 is 19.0. The van der Waals surface area contributed by atoms with Crippen molar-refractivity contribution in [3.8, 4) is 0 Å². The van der Waals surface area contributed by atoms with Crippen molar-refractivity contribution >= 4 is 84.7 Å². The van der Waals surface area contributed by atoms with Gasteiger partial charge in [0.2, 0.25) is 0 Å². The molecule has 1 heterocycles. The molecule has 6 rings (SSSR count). The van der Waals surface area contributed by atoms with E-state index in [4.69, 9.17) is 34.8 Å². The number of sulfonamides is 1. The van der Waals surface area contributed by atoms with Crippen LogP contribution in [0.25, 0.3) is 10.9 Å². The molecule has 0 radical (unpaired) electrons. The molecule has 0 bridgehead atoms. The Bertz CT molecular complexity index is 2420. The zero-order valence-electron chi connectivity index (χ0n) is 25.0. The van der Waals surface area contributed by atoms with E-state index < -0.39 is 20.5 Å². The van der Waals surface area contributed by atoms with Crippen molar-refractivity contribution in [2.24, 2.45) is 4.99 Å². The second-order valence-electron chi connectivity index (χ2n) is 10.6. The van der Waals surface area contributed by atoms with Crippen LogP contribution in [0.2, 0.25) is 15.1 Å². The van der Waals surface area contributed by atoms with Gasteiger partial charge in [-0.15, -0.1) is 0 Å². The Morgan fingerprint density at radius 3 is 2.33 bits per heavy atom. The van der Waals surface area contributed by atoms with Gasteiger partial charge in [-0.3, -0.25) is 19.9 Å². The quantitative estimate of drug-likeness (QED) is 0.0818. The van der Waals surface area contributed by atoms with Crippen LogP contribution >= 0.6 is 34.8 Å². The Morgan fingerprint density at radius 2 is 1.59 bits per heavy atom. The molecule has 1 aromatic heterocycles. The van der Waals surface area contributed by atoms with Crippen LogP contribution in [-0.4, -0.2) is 29.2 Å². The van der Waals surface area contributed by atoms with E-state index >= 15 is 0 Å². The van der Waals surface area contributed by atoms with Crippen molar-refractivity contribution < 1.29 is 13.3 Å². The van der Waals surface area contributed by atoms with Crippen LogP contribution in [0.15, 0.2) is 124 Å². The molecular formula is C34H23Cl3N6O5S. The number of aromatic nitrogens is 2. The number of nitro groups is 1. The molecule has 6 aromatic rings. The first-order valence-corrected chi connectivity index (χ1v) is 17.0. The minimum atomic E-state index is -4.33. The molecule has 49 heavy (non-hydrogen) atoms. The predicted octanol–water partition coefficient (Wildman–Crippen LogP) is 8.28. The lowest BCUT2D eigenvalue weighted by molar-refractivity contribution is -0.384. The fourth-order valence-electron chi connectivity index (χ4n) is 4.89. The number of nitrogens with zero attached hydrogens (tertiary/aromatic N) is 4. The summed E-state index contributed by atoms with van der Waals surface area (Å²) in [5, 5.41) is 15.6. The highest BCUT2D eigenvalue weighted by molar-refractivity contribution is 7.92. The zero-order valence-corrected chi connectivity index (χ0v) is 28.1. The van der Waals surface area contributed by atoms with Gasteiger partial charge in [0, 0.05) is 35.5 Å². The van der Waals surface area contributed by atoms with E-state index in [1.807, 2.05) is 0 Å². The lowest BCUT2D eigenvalue weighted by atomic mass is 10.1. The Morgan fingerprint density at radius 1 is 0.878 bits per heavy atom. The van der Waals surface area contributed by atoms with Gasteiger partial charge in [-0.05, 0) is 71.8 Å². The number of benzene rings is 5. The highest BCUT2D eigenvalue weighted by Gasteiger charge is 2.21. The van der Waals surface area contributed by atoms with Gasteiger partial charge in [0.1, 0.15) is 5.82 Å². The van der Waals surface area contributed by atoms with Gasteiger partial charge in [-0.25, -0.2) is 9.82 Å². The van der Waals surface area contributed by atoms with Crippen LogP contribution in [0.3, 0.4) is 0 Å². The minimum absolute atomic E-state index is 0.0107. The first-order chi connectivity index (χ1) is 23.5. The van der Waals surface area contributed by atoms with E-state index in [9.17, 15) is 23.3 Å². The summed E-state index contributed by atoms with van der Waals surface area (Å²) in [6, 6.07) is 28.3. The summed E-state index contributed by atoms with van der Waals surface area (Å²) < 4.78 is 28.2. The monoisotopic (exact) mass is 732 g/mol. The third-order valence-corrected chi connectivity index (χ3v) is 9.47. The largest absolute Gasteiger partial charge is 0.353 e. The molecule has 0 amide bonds.